The lowest BCUT2D eigenvalue weighted by Crippen LogP contribution is -2.52. The van der Waals surface area contributed by atoms with Gasteiger partial charge in [-0.05, 0) is 38.1 Å². The van der Waals surface area contributed by atoms with Crippen molar-refractivity contribution in [1.29, 1.82) is 0 Å². The van der Waals surface area contributed by atoms with Crippen molar-refractivity contribution in [1.82, 2.24) is 9.80 Å². The number of carbonyl (C=O) groups excluding carboxylic acids is 1. The van der Waals surface area contributed by atoms with Gasteiger partial charge in [0, 0.05) is 44.6 Å². The zero-order valence-electron chi connectivity index (χ0n) is 12.3. The highest BCUT2D eigenvalue weighted by Crippen LogP contribution is 2.30. The third kappa shape index (κ3) is 3.03. The Bertz CT molecular complexity index is 331. The molecule has 0 aromatic heterocycles. The van der Waals surface area contributed by atoms with Gasteiger partial charge in [0.2, 0.25) is 0 Å². The number of hydrogen-bond acceptors (Lipinski definition) is 3. The van der Waals surface area contributed by atoms with Crippen LogP contribution in [0, 0.1) is 11.8 Å². The van der Waals surface area contributed by atoms with Crippen LogP contribution in [-0.4, -0.2) is 54.3 Å². The van der Waals surface area contributed by atoms with Crippen molar-refractivity contribution in [3.8, 4) is 0 Å². The van der Waals surface area contributed by atoms with Gasteiger partial charge in [-0.2, -0.15) is 0 Å². The maximum atomic E-state index is 12.1. The van der Waals surface area contributed by atoms with Crippen LogP contribution in [0.15, 0.2) is 0 Å². The van der Waals surface area contributed by atoms with E-state index in [0.717, 1.165) is 37.8 Å². The Hall–Kier alpha value is -0.410. The van der Waals surface area contributed by atoms with E-state index in [9.17, 15) is 4.79 Å². The summed E-state index contributed by atoms with van der Waals surface area (Å²) in [5.41, 5.74) is 0. The second kappa shape index (κ2) is 5.92. The summed E-state index contributed by atoms with van der Waals surface area (Å²) < 4.78 is 0. The first-order valence-corrected chi connectivity index (χ1v) is 8.25. The fraction of sp³-hybridized carbons (Fsp3) is 0.938. The van der Waals surface area contributed by atoms with E-state index in [0.29, 0.717) is 11.7 Å². The molecule has 108 valence electrons. The molecule has 3 unspecified atom stereocenters. The predicted molar refractivity (Wildman–Crippen MR) is 77.2 cm³/mol. The number of Topliss-reactive ketones (excluding diaryl/α,β-unsaturated/α-hetero) is 1. The molecule has 3 rings (SSSR count). The van der Waals surface area contributed by atoms with Crippen molar-refractivity contribution in [3.05, 3.63) is 0 Å². The Morgan fingerprint density at radius 2 is 2.11 bits per heavy atom. The van der Waals surface area contributed by atoms with Gasteiger partial charge >= 0.3 is 0 Å². The maximum absolute atomic E-state index is 12.1. The largest absolute Gasteiger partial charge is 0.300 e. The summed E-state index contributed by atoms with van der Waals surface area (Å²) in [5, 5.41) is 0. The minimum Gasteiger partial charge on any atom is -0.300 e. The molecule has 0 N–H and O–H groups in total. The first kappa shape index (κ1) is 13.6. The normalized spacial score (nSPS) is 37.5. The molecule has 2 heterocycles. The van der Waals surface area contributed by atoms with Crippen LogP contribution >= 0.6 is 0 Å². The Balaban J connectivity index is 1.54. The van der Waals surface area contributed by atoms with E-state index in [2.05, 4.69) is 16.7 Å². The van der Waals surface area contributed by atoms with Crippen molar-refractivity contribution < 1.29 is 4.79 Å². The van der Waals surface area contributed by atoms with Crippen molar-refractivity contribution in [2.24, 2.45) is 11.8 Å². The molecule has 19 heavy (non-hydrogen) atoms. The fourth-order valence-corrected chi connectivity index (χ4v) is 4.28. The fourth-order valence-electron chi connectivity index (χ4n) is 4.28. The van der Waals surface area contributed by atoms with E-state index in [1.54, 1.807) is 0 Å². The number of nitrogens with zero attached hydrogens (tertiary/aromatic N) is 2. The molecule has 3 atom stereocenters. The summed E-state index contributed by atoms with van der Waals surface area (Å²) in [6, 6.07) is 0.786. The highest BCUT2D eigenvalue weighted by Gasteiger charge is 2.34. The molecule has 2 aliphatic heterocycles. The monoisotopic (exact) mass is 264 g/mol. The first-order valence-electron chi connectivity index (χ1n) is 8.25. The predicted octanol–water partition coefficient (Wildman–Crippen LogP) is 2.16. The second-order valence-corrected chi connectivity index (χ2v) is 6.80. The van der Waals surface area contributed by atoms with Crippen LogP contribution in [0.4, 0.5) is 0 Å². The smallest absolute Gasteiger partial charge is 0.137 e. The van der Waals surface area contributed by atoms with Crippen LogP contribution in [0.2, 0.25) is 0 Å². The molecule has 0 bridgehead atoms. The van der Waals surface area contributed by atoms with Crippen molar-refractivity contribution in [2.45, 2.75) is 51.5 Å². The summed E-state index contributed by atoms with van der Waals surface area (Å²) in [4.78, 5) is 17.3. The van der Waals surface area contributed by atoms with Gasteiger partial charge in [-0.1, -0.05) is 13.3 Å². The molecule has 3 aliphatic rings. The minimum atomic E-state index is 0.339. The number of fused-ring (bicyclic) bond motifs is 1. The van der Waals surface area contributed by atoms with E-state index >= 15 is 0 Å². The molecule has 1 aliphatic carbocycles. The van der Waals surface area contributed by atoms with Crippen LogP contribution in [-0.2, 0) is 4.79 Å². The molecule has 0 radical (unpaired) electrons. The Labute approximate surface area is 117 Å². The van der Waals surface area contributed by atoms with Crippen molar-refractivity contribution in [2.75, 3.05) is 32.7 Å². The Morgan fingerprint density at radius 1 is 1.21 bits per heavy atom. The SMILES string of the molecule is CCC1CCC(=O)C(CN2CCN3CCCC3C2)C1. The molecule has 3 fully saturated rings. The number of piperazine rings is 1. The van der Waals surface area contributed by atoms with Gasteiger partial charge < -0.3 is 0 Å². The Kier molecular flexibility index (Phi) is 4.23. The third-order valence-electron chi connectivity index (χ3n) is 5.60. The van der Waals surface area contributed by atoms with E-state index in [1.807, 2.05) is 0 Å². The summed E-state index contributed by atoms with van der Waals surface area (Å²) in [6.07, 6.45) is 7.13. The van der Waals surface area contributed by atoms with E-state index < -0.39 is 0 Å². The first-order chi connectivity index (χ1) is 9.26. The molecule has 3 nitrogen and oxygen atoms in total. The zero-order valence-corrected chi connectivity index (χ0v) is 12.3. The molecule has 0 aromatic rings. The molecule has 0 spiro atoms. The summed E-state index contributed by atoms with van der Waals surface area (Å²) >= 11 is 0. The van der Waals surface area contributed by atoms with Gasteiger partial charge in [0.05, 0.1) is 0 Å². The lowest BCUT2D eigenvalue weighted by molar-refractivity contribution is -0.126. The van der Waals surface area contributed by atoms with Gasteiger partial charge in [0.15, 0.2) is 0 Å². The average molecular weight is 264 g/mol. The van der Waals surface area contributed by atoms with Gasteiger partial charge in [-0.15, -0.1) is 0 Å². The third-order valence-corrected chi connectivity index (χ3v) is 5.60. The number of ketones is 1. The highest BCUT2D eigenvalue weighted by atomic mass is 16.1. The second-order valence-electron chi connectivity index (χ2n) is 6.80. The highest BCUT2D eigenvalue weighted by molar-refractivity contribution is 5.81. The van der Waals surface area contributed by atoms with E-state index in [-0.39, 0.29) is 0 Å². The van der Waals surface area contributed by atoms with Gasteiger partial charge in [-0.3, -0.25) is 14.6 Å². The molecule has 0 amide bonds. The molecule has 1 saturated carbocycles. The standard InChI is InChI=1S/C16H28N2O/c1-2-13-5-6-16(19)14(10-13)11-17-8-9-18-7-3-4-15(18)12-17/h13-15H,2-12H2,1H3. The van der Waals surface area contributed by atoms with Gasteiger partial charge in [0.1, 0.15) is 5.78 Å². The summed E-state index contributed by atoms with van der Waals surface area (Å²) in [7, 11) is 0. The van der Waals surface area contributed by atoms with Crippen LogP contribution in [0.1, 0.15) is 45.4 Å². The van der Waals surface area contributed by atoms with Crippen LogP contribution in [0.5, 0.6) is 0 Å². The molecular weight excluding hydrogens is 236 g/mol. The summed E-state index contributed by atoms with van der Waals surface area (Å²) in [6.45, 7) is 8.23. The van der Waals surface area contributed by atoms with E-state index in [1.165, 1.54) is 45.4 Å². The van der Waals surface area contributed by atoms with Crippen LogP contribution in [0.3, 0.4) is 0 Å². The molecular formula is C16H28N2O. The quantitative estimate of drug-likeness (QED) is 0.780. The maximum Gasteiger partial charge on any atom is 0.137 e. The summed E-state index contributed by atoms with van der Waals surface area (Å²) in [5.74, 6) is 1.68. The van der Waals surface area contributed by atoms with E-state index in [4.69, 9.17) is 0 Å². The molecule has 2 saturated heterocycles. The van der Waals surface area contributed by atoms with Crippen LogP contribution in [0.25, 0.3) is 0 Å². The van der Waals surface area contributed by atoms with Crippen molar-refractivity contribution in [3.63, 3.8) is 0 Å². The minimum absolute atomic E-state index is 0.339. The Morgan fingerprint density at radius 3 is 2.95 bits per heavy atom. The van der Waals surface area contributed by atoms with Gasteiger partial charge in [0.25, 0.3) is 0 Å². The number of carbonyl (C=O) groups is 1. The number of hydrogen-bond donors (Lipinski definition) is 0. The molecule has 3 heteroatoms. The van der Waals surface area contributed by atoms with Crippen molar-refractivity contribution >= 4 is 5.78 Å². The lowest BCUT2D eigenvalue weighted by atomic mass is 9.79. The average Bonchev–Trinajstić information content (AvgIpc) is 2.89. The van der Waals surface area contributed by atoms with Crippen LogP contribution < -0.4 is 0 Å². The molecule has 0 aromatic carbocycles. The lowest BCUT2D eigenvalue weighted by Gasteiger charge is -2.40. The topological polar surface area (TPSA) is 23.6 Å². The van der Waals surface area contributed by atoms with Gasteiger partial charge in [-0.25, -0.2) is 0 Å². The zero-order chi connectivity index (χ0) is 13.2. The number of rotatable bonds is 3.